The highest BCUT2D eigenvalue weighted by molar-refractivity contribution is 4.94. The Kier molecular flexibility index (Phi) is 4.22. The summed E-state index contributed by atoms with van der Waals surface area (Å²) in [6.45, 7) is 7.16. The largest absolute Gasteiger partial charge is 0.394 e. The van der Waals surface area contributed by atoms with Crippen molar-refractivity contribution < 1.29 is 5.11 Å². The third-order valence-corrected chi connectivity index (χ3v) is 4.12. The van der Waals surface area contributed by atoms with Gasteiger partial charge in [-0.2, -0.15) is 0 Å². The van der Waals surface area contributed by atoms with Crippen molar-refractivity contribution in [1.29, 1.82) is 0 Å². The monoisotopic (exact) mass is 226 g/mol. The summed E-state index contributed by atoms with van der Waals surface area (Å²) in [6.07, 6.45) is 6.22. The van der Waals surface area contributed by atoms with E-state index in [0.717, 1.165) is 38.4 Å². The summed E-state index contributed by atoms with van der Waals surface area (Å²) in [5, 5.41) is 13.2. The molecule has 0 spiro atoms. The minimum Gasteiger partial charge on any atom is -0.394 e. The number of hydrogen-bond acceptors (Lipinski definition) is 3. The van der Waals surface area contributed by atoms with Gasteiger partial charge in [0.15, 0.2) is 0 Å². The normalized spacial score (nSPS) is 25.9. The average Bonchev–Trinajstić information content (AvgIpc) is 3.13. The van der Waals surface area contributed by atoms with Gasteiger partial charge in [-0.1, -0.05) is 6.92 Å². The van der Waals surface area contributed by atoms with Crippen LogP contribution in [0.15, 0.2) is 0 Å². The first-order valence-corrected chi connectivity index (χ1v) is 6.86. The topological polar surface area (TPSA) is 35.5 Å². The number of hydrogen-bond donors (Lipinski definition) is 2. The lowest BCUT2D eigenvalue weighted by Gasteiger charge is -2.41. The van der Waals surface area contributed by atoms with E-state index in [4.69, 9.17) is 0 Å². The van der Waals surface area contributed by atoms with E-state index in [9.17, 15) is 5.11 Å². The number of nitrogens with one attached hydrogen (secondary N) is 1. The maximum absolute atomic E-state index is 9.61. The van der Waals surface area contributed by atoms with Crippen LogP contribution in [-0.2, 0) is 0 Å². The second kappa shape index (κ2) is 5.48. The van der Waals surface area contributed by atoms with Crippen molar-refractivity contribution in [3.8, 4) is 0 Å². The molecule has 0 aromatic carbocycles. The van der Waals surface area contributed by atoms with Gasteiger partial charge in [0, 0.05) is 5.54 Å². The Hall–Kier alpha value is -0.120. The first kappa shape index (κ1) is 12.3. The number of aliphatic hydroxyl groups excluding tert-OH is 1. The Labute approximate surface area is 99.2 Å². The number of aliphatic hydroxyl groups is 1. The number of rotatable bonds is 6. The van der Waals surface area contributed by atoms with Crippen molar-refractivity contribution in [3.05, 3.63) is 0 Å². The van der Waals surface area contributed by atoms with E-state index in [1.807, 2.05) is 0 Å². The van der Waals surface area contributed by atoms with Crippen LogP contribution in [0.3, 0.4) is 0 Å². The lowest BCUT2D eigenvalue weighted by molar-refractivity contribution is 0.0780. The Morgan fingerprint density at radius 1 is 1.31 bits per heavy atom. The van der Waals surface area contributed by atoms with Gasteiger partial charge in [-0.3, -0.25) is 0 Å². The Balaban J connectivity index is 1.76. The summed E-state index contributed by atoms with van der Waals surface area (Å²) in [5.41, 5.74) is 0.0346. The van der Waals surface area contributed by atoms with Crippen LogP contribution < -0.4 is 5.32 Å². The molecule has 1 saturated heterocycles. The zero-order chi connectivity index (χ0) is 11.4. The fourth-order valence-corrected chi connectivity index (χ4v) is 2.59. The minimum absolute atomic E-state index is 0.0346. The zero-order valence-corrected chi connectivity index (χ0v) is 10.5. The predicted octanol–water partition coefficient (Wildman–Crippen LogP) is 1.22. The SMILES string of the molecule is CCCN1CCC(CO)(NCC2CC2)CC1. The van der Waals surface area contributed by atoms with Gasteiger partial charge in [-0.15, -0.1) is 0 Å². The summed E-state index contributed by atoms with van der Waals surface area (Å²) >= 11 is 0. The second-order valence-corrected chi connectivity index (χ2v) is 5.60. The molecule has 0 unspecified atom stereocenters. The van der Waals surface area contributed by atoms with Crippen LogP contribution in [0, 0.1) is 5.92 Å². The quantitative estimate of drug-likeness (QED) is 0.715. The highest BCUT2D eigenvalue weighted by Crippen LogP contribution is 2.30. The molecule has 2 N–H and O–H groups in total. The van der Waals surface area contributed by atoms with E-state index in [0.29, 0.717) is 6.61 Å². The molecule has 94 valence electrons. The molecule has 1 aliphatic carbocycles. The number of likely N-dealkylation sites (tertiary alicyclic amines) is 1. The summed E-state index contributed by atoms with van der Waals surface area (Å²) in [7, 11) is 0. The first-order valence-electron chi connectivity index (χ1n) is 6.86. The molecule has 0 bridgehead atoms. The van der Waals surface area contributed by atoms with E-state index in [-0.39, 0.29) is 5.54 Å². The standard InChI is InChI=1S/C13H26N2O/c1-2-7-15-8-5-13(11-16,6-9-15)14-10-12-3-4-12/h12,14,16H,2-11H2,1H3. The molecular weight excluding hydrogens is 200 g/mol. The molecule has 16 heavy (non-hydrogen) atoms. The van der Waals surface area contributed by atoms with Crippen molar-refractivity contribution in [1.82, 2.24) is 10.2 Å². The van der Waals surface area contributed by atoms with Crippen LogP contribution in [0.25, 0.3) is 0 Å². The van der Waals surface area contributed by atoms with Crippen molar-refractivity contribution in [2.45, 2.75) is 44.6 Å². The lowest BCUT2D eigenvalue weighted by atomic mass is 9.88. The maximum Gasteiger partial charge on any atom is 0.0614 e. The highest BCUT2D eigenvalue weighted by atomic mass is 16.3. The van der Waals surface area contributed by atoms with Crippen LogP contribution in [0.2, 0.25) is 0 Å². The average molecular weight is 226 g/mol. The maximum atomic E-state index is 9.61. The number of piperidine rings is 1. The molecule has 0 amide bonds. The molecule has 3 heteroatoms. The fourth-order valence-electron chi connectivity index (χ4n) is 2.59. The summed E-state index contributed by atoms with van der Waals surface area (Å²) in [6, 6.07) is 0. The molecule has 0 aromatic rings. The van der Waals surface area contributed by atoms with Crippen molar-refractivity contribution >= 4 is 0 Å². The molecule has 3 nitrogen and oxygen atoms in total. The molecule has 1 saturated carbocycles. The van der Waals surface area contributed by atoms with Gasteiger partial charge in [0.25, 0.3) is 0 Å². The van der Waals surface area contributed by atoms with E-state index in [2.05, 4.69) is 17.1 Å². The van der Waals surface area contributed by atoms with E-state index in [1.165, 1.54) is 25.8 Å². The predicted molar refractivity (Wildman–Crippen MR) is 66.5 cm³/mol. The molecule has 2 aliphatic rings. The van der Waals surface area contributed by atoms with E-state index < -0.39 is 0 Å². The van der Waals surface area contributed by atoms with Crippen LogP contribution in [0.5, 0.6) is 0 Å². The summed E-state index contributed by atoms with van der Waals surface area (Å²) < 4.78 is 0. The van der Waals surface area contributed by atoms with Crippen molar-refractivity contribution in [2.75, 3.05) is 32.8 Å². The summed E-state index contributed by atoms with van der Waals surface area (Å²) in [5.74, 6) is 0.900. The second-order valence-electron chi connectivity index (χ2n) is 5.60. The minimum atomic E-state index is 0.0346. The lowest BCUT2D eigenvalue weighted by Crippen LogP contribution is -2.56. The van der Waals surface area contributed by atoms with Gasteiger partial charge in [-0.25, -0.2) is 0 Å². The number of nitrogens with zero attached hydrogens (tertiary/aromatic N) is 1. The Morgan fingerprint density at radius 3 is 2.50 bits per heavy atom. The van der Waals surface area contributed by atoms with Crippen LogP contribution >= 0.6 is 0 Å². The van der Waals surface area contributed by atoms with E-state index in [1.54, 1.807) is 0 Å². The van der Waals surface area contributed by atoms with Gasteiger partial charge >= 0.3 is 0 Å². The smallest absolute Gasteiger partial charge is 0.0614 e. The van der Waals surface area contributed by atoms with Crippen LogP contribution in [0.1, 0.15) is 39.0 Å². The van der Waals surface area contributed by atoms with E-state index >= 15 is 0 Å². The molecule has 0 aromatic heterocycles. The molecular formula is C13H26N2O. The third-order valence-electron chi connectivity index (χ3n) is 4.12. The van der Waals surface area contributed by atoms with Crippen LogP contribution in [-0.4, -0.2) is 48.3 Å². The van der Waals surface area contributed by atoms with Gasteiger partial charge in [-0.05, 0) is 64.2 Å². The molecule has 0 atom stereocenters. The molecule has 2 rings (SSSR count). The van der Waals surface area contributed by atoms with Gasteiger partial charge in [0.05, 0.1) is 6.61 Å². The Bertz CT molecular complexity index is 208. The van der Waals surface area contributed by atoms with Crippen molar-refractivity contribution in [3.63, 3.8) is 0 Å². The Morgan fingerprint density at radius 2 is 2.00 bits per heavy atom. The third kappa shape index (κ3) is 3.19. The summed E-state index contributed by atoms with van der Waals surface area (Å²) in [4.78, 5) is 2.52. The fraction of sp³-hybridized carbons (Fsp3) is 1.00. The highest BCUT2D eigenvalue weighted by Gasteiger charge is 2.35. The van der Waals surface area contributed by atoms with Crippen LogP contribution in [0.4, 0.5) is 0 Å². The zero-order valence-electron chi connectivity index (χ0n) is 10.5. The molecule has 1 aliphatic heterocycles. The molecule has 1 heterocycles. The molecule has 0 radical (unpaired) electrons. The molecule has 2 fully saturated rings. The van der Waals surface area contributed by atoms with Crippen molar-refractivity contribution in [2.24, 2.45) is 5.92 Å². The van der Waals surface area contributed by atoms with Gasteiger partial charge in [0.2, 0.25) is 0 Å². The van der Waals surface area contributed by atoms with Gasteiger partial charge < -0.3 is 15.3 Å². The van der Waals surface area contributed by atoms with Gasteiger partial charge in [0.1, 0.15) is 0 Å². The first-order chi connectivity index (χ1) is 7.78.